The van der Waals surface area contributed by atoms with Crippen LogP contribution in [0.25, 0.3) is 0 Å². The van der Waals surface area contributed by atoms with Crippen LogP contribution in [-0.2, 0) is 4.79 Å². The zero-order valence-corrected chi connectivity index (χ0v) is 9.69. The Morgan fingerprint density at radius 1 is 1.33 bits per heavy atom. The molecular formula is C11H13N3O4. The highest BCUT2D eigenvalue weighted by molar-refractivity contribution is 5.96. The molecule has 0 heterocycles. The van der Waals surface area contributed by atoms with E-state index in [0.29, 0.717) is 11.3 Å². The fourth-order valence-electron chi connectivity index (χ4n) is 1.34. The summed E-state index contributed by atoms with van der Waals surface area (Å²) < 4.78 is 0. The van der Waals surface area contributed by atoms with Gasteiger partial charge in [0.05, 0.1) is 12.1 Å². The van der Waals surface area contributed by atoms with Gasteiger partial charge in [-0.2, -0.15) is 0 Å². The van der Waals surface area contributed by atoms with E-state index >= 15 is 0 Å². The van der Waals surface area contributed by atoms with Crippen molar-refractivity contribution < 1.29 is 19.5 Å². The van der Waals surface area contributed by atoms with E-state index in [1.54, 1.807) is 13.0 Å². The molecule has 0 bridgehead atoms. The highest BCUT2D eigenvalue weighted by Gasteiger charge is 2.11. The molecule has 0 aliphatic heterocycles. The average Bonchev–Trinajstić information content (AvgIpc) is 2.29. The molecule has 0 fully saturated rings. The van der Waals surface area contributed by atoms with E-state index in [1.807, 2.05) is 0 Å². The van der Waals surface area contributed by atoms with Crippen molar-refractivity contribution >= 4 is 23.6 Å². The van der Waals surface area contributed by atoms with Gasteiger partial charge in [0.2, 0.25) is 5.91 Å². The quantitative estimate of drug-likeness (QED) is 0.614. The Morgan fingerprint density at radius 2 is 2.00 bits per heavy atom. The third-order valence-corrected chi connectivity index (χ3v) is 2.24. The van der Waals surface area contributed by atoms with Gasteiger partial charge in [-0.25, -0.2) is 9.59 Å². The number of urea groups is 1. The van der Waals surface area contributed by atoms with Gasteiger partial charge in [-0.1, -0.05) is 6.07 Å². The maximum atomic E-state index is 11.4. The van der Waals surface area contributed by atoms with Crippen LogP contribution < -0.4 is 16.4 Å². The van der Waals surface area contributed by atoms with Crippen molar-refractivity contribution in [1.29, 1.82) is 0 Å². The molecule has 0 aliphatic carbocycles. The van der Waals surface area contributed by atoms with E-state index in [4.69, 9.17) is 10.8 Å². The van der Waals surface area contributed by atoms with Crippen molar-refractivity contribution in [3.05, 3.63) is 29.3 Å². The molecule has 1 aromatic carbocycles. The fraction of sp³-hybridized carbons (Fsp3) is 0.182. The number of hydrogen-bond donors (Lipinski definition) is 4. The summed E-state index contributed by atoms with van der Waals surface area (Å²) in [6, 6.07) is 3.88. The van der Waals surface area contributed by atoms with Crippen LogP contribution >= 0.6 is 0 Å². The number of nitrogens with one attached hydrogen (secondary N) is 2. The van der Waals surface area contributed by atoms with Crippen molar-refractivity contribution in [2.75, 3.05) is 11.9 Å². The van der Waals surface area contributed by atoms with Gasteiger partial charge < -0.3 is 21.5 Å². The number of aromatic carboxylic acids is 1. The molecular weight excluding hydrogens is 238 g/mol. The highest BCUT2D eigenvalue weighted by atomic mass is 16.4. The van der Waals surface area contributed by atoms with Crippen LogP contribution in [0.1, 0.15) is 15.9 Å². The van der Waals surface area contributed by atoms with Gasteiger partial charge in [-0.05, 0) is 24.6 Å². The molecule has 7 heteroatoms. The maximum Gasteiger partial charge on any atom is 0.336 e. The smallest absolute Gasteiger partial charge is 0.336 e. The van der Waals surface area contributed by atoms with Gasteiger partial charge in [0.1, 0.15) is 0 Å². The summed E-state index contributed by atoms with van der Waals surface area (Å²) in [5.74, 6) is -1.74. The van der Waals surface area contributed by atoms with E-state index in [1.165, 1.54) is 12.1 Å². The highest BCUT2D eigenvalue weighted by Crippen LogP contribution is 2.18. The molecule has 0 spiro atoms. The Hall–Kier alpha value is -2.57. The standard InChI is InChI=1S/C11H13N3O4/c1-6-7(10(16)17)3-2-4-8(6)14-11(18)13-5-9(12)15/h2-4H,5H2,1H3,(H2,12,15)(H,16,17)(H2,13,14,18). The lowest BCUT2D eigenvalue weighted by Gasteiger charge is -2.10. The summed E-state index contributed by atoms with van der Waals surface area (Å²) in [6.07, 6.45) is 0. The molecule has 0 aromatic heterocycles. The summed E-state index contributed by atoms with van der Waals surface area (Å²) in [4.78, 5) is 32.7. The van der Waals surface area contributed by atoms with Crippen LogP contribution in [0.5, 0.6) is 0 Å². The second-order valence-corrected chi connectivity index (χ2v) is 3.56. The second kappa shape index (κ2) is 5.67. The van der Waals surface area contributed by atoms with E-state index < -0.39 is 17.9 Å². The number of rotatable bonds is 4. The summed E-state index contributed by atoms with van der Waals surface area (Å²) in [5.41, 5.74) is 5.76. The first-order valence-corrected chi connectivity index (χ1v) is 5.08. The van der Waals surface area contributed by atoms with E-state index in [0.717, 1.165) is 0 Å². The number of amides is 3. The minimum absolute atomic E-state index is 0.0997. The molecule has 0 atom stereocenters. The lowest BCUT2D eigenvalue weighted by Crippen LogP contribution is -2.36. The van der Waals surface area contributed by atoms with Crippen molar-refractivity contribution in [3.8, 4) is 0 Å². The van der Waals surface area contributed by atoms with Crippen LogP contribution in [0.4, 0.5) is 10.5 Å². The predicted molar refractivity (Wildman–Crippen MR) is 64.4 cm³/mol. The van der Waals surface area contributed by atoms with Crippen molar-refractivity contribution in [3.63, 3.8) is 0 Å². The Kier molecular flexibility index (Phi) is 4.25. The van der Waals surface area contributed by atoms with Gasteiger partial charge in [0.15, 0.2) is 0 Å². The largest absolute Gasteiger partial charge is 0.478 e. The topological polar surface area (TPSA) is 122 Å². The monoisotopic (exact) mass is 251 g/mol. The first kappa shape index (κ1) is 13.5. The molecule has 18 heavy (non-hydrogen) atoms. The number of anilines is 1. The van der Waals surface area contributed by atoms with Gasteiger partial charge in [0.25, 0.3) is 0 Å². The molecule has 0 unspecified atom stereocenters. The third kappa shape index (κ3) is 3.48. The predicted octanol–water partition coefficient (Wildman–Crippen LogP) is 0.300. The number of carbonyl (C=O) groups excluding carboxylic acids is 2. The van der Waals surface area contributed by atoms with E-state index in [9.17, 15) is 14.4 Å². The van der Waals surface area contributed by atoms with Gasteiger partial charge in [-0.3, -0.25) is 4.79 Å². The fourth-order valence-corrected chi connectivity index (χ4v) is 1.34. The van der Waals surface area contributed by atoms with Crippen molar-refractivity contribution in [1.82, 2.24) is 5.32 Å². The molecule has 0 saturated carbocycles. The molecule has 1 aromatic rings. The third-order valence-electron chi connectivity index (χ3n) is 2.24. The number of carbonyl (C=O) groups is 3. The van der Waals surface area contributed by atoms with E-state index in [2.05, 4.69) is 10.6 Å². The van der Waals surface area contributed by atoms with Crippen LogP contribution in [0.15, 0.2) is 18.2 Å². The maximum absolute atomic E-state index is 11.4. The van der Waals surface area contributed by atoms with Crippen LogP contribution in [-0.4, -0.2) is 29.6 Å². The number of benzene rings is 1. The molecule has 0 radical (unpaired) electrons. The minimum Gasteiger partial charge on any atom is -0.478 e. The summed E-state index contributed by atoms with van der Waals surface area (Å²) in [5, 5.41) is 13.6. The molecule has 7 nitrogen and oxygen atoms in total. The normalized spacial score (nSPS) is 9.61. The number of primary amides is 1. The van der Waals surface area contributed by atoms with E-state index in [-0.39, 0.29) is 12.1 Å². The van der Waals surface area contributed by atoms with Crippen molar-refractivity contribution in [2.45, 2.75) is 6.92 Å². The Bertz CT molecular complexity index is 499. The number of hydrogen-bond acceptors (Lipinski definition) is 3. The van der Waals surface area contributed by atoms with Crippen LogP contribution in [0.3, 0.4) is 0 Å². The summed E-state index contributed by atoms with van der Waals surface area (Å²) in [6.45, 7) is 1.29. The van der Waals surface area contributed by atoms with Gasteiger partial charge in [0, 0.05) is 5.69 Å². The SMILES string of the molecule is Cc1c(NC(=O)NCC(N)=O)cccc1C(=O)O. The first-order valence-electron chi connectivity index (χ1n) is 5.08. The summed E-state index contributed by atoms with van der Waals surface area (Å²) >= 11 is 0. The minimum atomic E-state index is -1.08. The zero-order valence-electron chi connectivity index (χ0n) is 9.69. The molecule has 3 amide bonds. The Labute approximate surface area is 103 Å². The van der Waals surface area contributed by atoms with Crippen LogP contribution in [0, 0.1) is 6.92 Å². The average molecular weight is 251 g/mol. The molecule has 1 rings (SSSR count). The lowest BCUT2D eigenvalue weighted by atomic mass is 10.1. The van der Waals surface area contributed by atoms with Crippen molar-refractivity contribution in [2.24, 2.45) is 5.73 Å². The Balaban J connectivity index is 2.79. The zero-order chi connectivity index (χ0) is 13.7. The van der Waals surface area contributed by atoms with Crippen LogP contribution in [0.2, 0.25) is 0 Å². The number of carboxylic acids is 1. The summed E-state index contributed by atoms with van der Waals surface area (Å²) in [7, 11) is 0. The molecule has 5 N–H and O–H groups in total. The molecule has 0 aliphatic rings. The van der Waals surface area contributed by atoms with Gasteiger partial charge in [-0.15, -0.1) is 0 Å². The Morgan fingerprint density at radius 3 is 2.56 bits per heavy atom. The number of nitrogens with two attached hydrogens (primary N) is 1. The molecule has 96 valence electrons. The number of carboxylic acid groups (broad SMARTS) is 1. The second-order valence-electron chi connectivity index (χ2n) is 3.56. The molecule has 0 saturated heterocycles. The van der Waals surface area contributed by atoms with Gasteiger partial charge >= 0.3 is 12.0 Å². The first-order chi connectivity index (χ1) is 8.41. The lowest BCUT2D eigenvalue weighted by molar-refractivity contribution is -0.117.